The molecule has 2 N–H and O–H groups in total. The van der Waals surface area contributed by atoms with Gasteiger partial charge in [-0.05, 0) is 91.0 Å². The summed E-state index contributed by atoms with van der Waals surface area (Å²) in [5.74, 6) is -0.110. The number of amides is 1. The van der Waals surface area contributed by atoms with Crippen LogP contribution < -0.4 is 10.1 Å². The molecule has 1 fully saturated rings. The summed E-state index contributed by atoms with van der Waals surface area (Å²) in [5.41, 5.74) is 6.16. The molecule has 0 spiro atoms. The predicted octanol–water partition coefficient (Wildman–Crippen LogP) is 5.62. The fourth-order valence-electron chi connectivity index (χ4n) is 4.60. The van der Waals surface area contributed by atoms with E-state index < -0.39 is 5.97 Å². The number of carbonyl (C=O) groups is 2. The summed E-state index contributed by atoms with van der Waals surface area (Å²) >= 11 is 0. The molecule has 3 aromatic carbocycles. The summed E-state index contributed by atoms with van der Waals surface area (Å²) in [6.07, 6.45) is 4.23. The highest BCUT2D eigenvalue weighted by molar-refractivity contribution is 5.93. The number of carboxylic acid groups (broad SMARTS) is 1. The first-order chi connectivity index (χ1) is 17.4. The topological polar surface area (TPSA) is 78.9 Å². The molecule has 0 unspecified atom stereocenters. The minimum Gasteiger partial charge on any atom is -0.496 e. The van der Waals surface area contributed by atoms with Crippen molar-refractivity contribution in [2.75, 3.05) is 25.5 Å². The minimum atomic E-state index is -1.00. The number of methoxy groups -OCH3 is 1. The van der Waals surface area contributed by atoms with Gasteiger partial charge in [0.15, 0.2) is 0 Å². The fourth-order valence-corrected chi connectivity index (χ4v) is 4.60. The van der Waals surface area contributed by atoms with E-state index in [1.54, 1.807) is 25.3 Å². The van der Waals surface area contributed by atoms with Gasteiger partial charge in [-0.25, -0.2) is 4.79 Å². The van der Waals surface area contributed by atoms with Gasteiger partial charge in [-0.3, -0.25) is 9.69 Å². The van der Waals surface area contributed by atoms with Gasteiger partial charge in [0.1, 0.15) is 5.75 Å². The molecule has 0 atom stereocenters. The lowest BCUT2D eigenvalue weighted by molar-refractivity contribution is -0.131. The molecule has 6 nitrogen and oxygen atoms in total. The highest BCUT2D eigenvalue weighted by Crippen LogP contribution is 2.27. The standard InChI is InChI=1S/C30H32N2O4/c1-21-18-26(11-12-28(21)36-2)24-9-6-23(7-10-24)20-32-16-14-25(15-17-32)30(35)31-27-5-3-4-22(19-27)8-13-29(33)34/h3-13,18-19,25H,14-17,20H2,1-2H3,(H,31,35)(H,33,34)/b13-8+. The number of benzene rings is 3. The normalized spacial score (nSPS) is 14.6. The van der Waals surface area contributed by atoms with Gasteiger partial charge in [0, 0.05) is 24.2 Å². The molecule has 0 radical (unpaired) electrons. The van der Waals surface area contributed by atoms with E-state index in [1.165, 1.54) is 22.8 Å². The maximum Gasteiger partial charge on any atom is 0.328 e. The van der Waals surface area contributed by atoms with Gasteiger partial charge in [0.2, 0.25) is 5.91 Å². The van der Waals surface area contributed by atoms with Crippen LogP contribution in [0.25, 0.3) is 17.2 Å². The number of carboxylic acids is 1. The zero-order valence-electron chi connectivity index (χ0n) is 20.7. The number of anilines is 1. The number of aryl methyl sites for hydroxylation is 1. The van der Waals surface area contributed by atoms with Crippen molar-refractivity contribution in [2.24, 2.45) is 5.92 Å². The molecule has 1 saturated heterocycles. The van der Waals surface area contributed by atoms with Crippen molar-refractivity contribution in [1.82, 2.24) is 4.90 Å². The molecule has 0 bridgehead atoms. The molecule has 1 heterocycles. The molecule has 0 aromatic heterocycles. The number of ether oxygens (including phenoxy) is 1. The van der Waals surface area contributed by atoms with Gasteiger partial charge in [0.25, 0.3) is 0 Å². The van der Waals surface area contributed by atoms with Crippen molar-refractivity contribution in [1.29, 1.82) is 0 Å². The van der Waals surface area contributed by atoms with E-state index >= 15 is 0 Å². The highest BCUT2D eigenvalue weighted by Gasteiger charge is 2.25. The Morgan fingerprint density at radius 2 is 1.75 bits per heavy atom. The van der Waals surface area contributed by atoms with Crippen LogP contribution in [0.4, 0.5) is 5.69 Å². The minimum absolute atomic E-state index is 0.0214. The van der Waals surface area contributed by atoms with Crippen molar-refractivity contribution < 1.29 is 19.4 Å². The third-order valence-electron chi connectivity index (χ3n) is 6.62. The van der Waals surface area contributed by atoms with Crippen molar-refractivity contribution in [3.8, 4) is 16.9 Å². The van der Waals surface area contributed by atoms with Gasteiger partial charge >= 0.3 is 5.97 Å². The van der Waals surface area contributed by atoms with E-state index in [2.05, 4.69) is 53.5 Å². The second-order valence-electron chi connectivity index (χ2n) is 9.22. The van der Waals surface area contributed by atoms with Crippen molar-refractivity contribution in [2.45, 2.75) is 26.3 Å². The molecule has 3 aromatic rings. The number of hydrogen-bond acceptors (Lipinski definition) is 4. The molecular weight excluding hydrogens is 452 g/mol. The largest absolute Gasteiger partial charge is 0.496 e. The predicted molar refractivity (Wildman–Crippen MR) is 143 cm³/mol. The van der Waals surface area contributed by atoms with Crippen LogP contribution in [0.15, 0.2) is 72.8 Å². The first-order valence-electron chi connectivity index (χ1n) is 12.2. The Bertz CT molecular complexity index is 1240. The molecule has 1 amide bonds. The number of aliphatic carboxylic acids is 1. The number of nitrogens with one attached hydrogen (secondary N) is 1. The first kappa shape index (κ1) is 25.2. The SMILES string of the molecule is COc1ccc(-c2ccc(CN3CCC(C(=O)Nc4cccc(/C=C/C(=O)O)c4)CC3)cc2)cc1C. The Morgan fingerprint density at radius 1 is 1.03 bits per heavy atom. The molecule has 6 heteroatoms. The lowest BCUT2D eigenvalue weighted by atomic mass is 9.95. The van der Waals surface area contributed by atoms with Crippen LogP contribution >= 0.6 is 0 Å². The van der Waals surface area contributed by atoms with Crippen LogP contribution in [-0.2, 0) is 16.1 Å². The Hall–Kier alpha value is -3.90. The zero-order chi connectivity index (χ0) is 25.5. The van der Waals surface area contributed by atoms with E-state index in [0.29, 0.717) is 5.69 Å². The monoisotopic (exact) mass is 484 g/mol. The summed E-state index contributed by atoms with van der Waals surface area (Å²) in [6.45, 7) is 4.67. The number of piperidine rings is 1. The number of carbonyl (C=O) groups excluding carboxylic acids is 1. The number of likely N-dealkylation sites (tertiary alicyclic amines) is 1. The lowest BCUT2D eigenvalue weighted by Crippen LogP contribution is -2.37. The Labute approximate surface area is 212 Å². The average Bonchev–Trinajstić information content (AvgIpc) is 2.88. The molecular formula is C30H32N2O4. The zero-order valence-corrected chi connectivity index (χ0v) is 20.7. The van der Waals surface area contributed by atoms with Crippen molar-refractivity contribution in [3.63, 3.8) is 0 Å². The Morgan fingerprint density at radius 3 is 2.42 bits per heavy atom. The van der Waals surface area contributed by atoms with E-state index in [9.17, 15) is 9.59 Å². The van der Waals surface area contributed by atoms with Crippen LogP contribution in [0, 0.1) is 12.8 Å². The molecule has 36 heavy (non-hydrogen) atoms. The Balaban J connectivity index is 1.28. The van der Waals surface area contributed by atoms with Crippen molar-refractivity contribution in [3.05, 3.63) is 89.5 Å². The fraction of sp³-hybridized carbons (Fsp3) is 0.267. The smallest absolute Gasteiger partial charge is 0.328 e. The van der Waals surface area contributed by atoms with Gasteiger partial charge in [-0.1, -0.05) is 42.5 Å². The quantitative estimate of drug-likeness (QED) is 0.406. The molecule has 186 valence electrons. The highest BCUT2D eigenvalue weighted by atomic mass is 16.5. The van der Waals surface area contributed by atoms with Crippen LogP contribution in [0.3, 0.4) is 0 Å². The maximum absolute atomic E-state index is 12.8. The van der Waals surface area contributed by atoms with Gasteiger partial charge in [0.05, 0.1) is 7.11 Å². The molecule has 0 aliphatic carbocycles. The summed E-state index contributed by atoms with van der Waals surface area (Å²) in [4.78, 5) is 25.9. The molecule has 1 aliphatic rings. The number of nitrogens with zero attached hydrogens (tertiary/aromatic N) is 1. The average molecular weight is 485 g/mol. The summed E-state index contributed by atoms with van der Waals surface area (Å²) < 4.78 is 5.36. The third-order valence-corrected chi connectivity index (χ3v) is 6.62. The van der Waals surface area contributed by atoms with Gasteiger partial charge < -0.3 is 15.2 Å². The first-order valence-corrected chi connectivity index (χ1v) is 12.2. The van der Waals surface area contributed by atoms with Crippen molar-refractivity contribution >= 4 is 23.6 Å². The van der Waals surface area contributed by atoms with E-state index in [4.69, 9.17) is 9.84 Å². The van der Waals surface area contributed by atoms with E-state index in [-0.39, 0.29) is 11.8 Å². The Kier molecular flexibility index (Phi) is 8.18. The summed E-state index contributed by atoms with van der Waals surface area (Å²) in [7, 11) is 1.69. The molecule has 0 saturated carbocycles. The second kappa shape index (κ2) is 11.7. The van der Waals surface area contributed by atoms with Crippen LogP contribution in [0.5, 0.6) is 5.75 Å². The summed E-state index contributed by atoms with van der Waals surface area (Å²) in [6, 6.07) is 22.1. The maximum atomic E-state index is 12.8. The van der Waals surface area contributed by atoms with Gasteiger partial charge in [-0.2, -0.15) is 0 Å². The van der Waals surface area contributed by atoms with Crippen LogP contribution in [0.2, 0.25) is 0 Å². The lowest BCUT2D eigenvalue weighted by Gasteiger charge is -2.31. The van der Waals surface area contributed by atoms with Crippen LogP contribution in [0.1, 0.15) is 29.5 Å². The third kappa shape index (κ3) is 6.61. The molecule has 4 rings (SSSR count). The second-order valence-corrected chi connectivity index (χ2v) is 9.22. The van der Waals surface area contributed by atoms with Gasteiger partial charge in [-0.15, -0.1) is 0 Å². The summed E-state index contributed by atoms with van der Waals surface area (Å²) in [5, 5.41) is 11.8. The molecule has 1 aliphatic heterocycles. The van der Waals surface area contributed by atoms with Crippen LogP contribution in [-0.4, -0.2) is 42.1 Å². The number of hydrogen-bond donors (Lipinski definition) is 2. The number of rotatable bonds is 8. The van der Waals surface area contributed by atoms with E-state index in [1.807, 2.05) is 12.1 Å². The van der Waals surface area contributed by atoms with E-state index in [0.717, 1.165) is 55.4 Å².